The average molecular weight is 403 g/mol. The van der Waals surface area contributed by atoms with Crippen molar-refractivity contribution in [1.82, 2.24) is 15.2 Å². The molecule has 2 aliphatic rings. The second-order valence-electron chi connectivity index (χ2n) is 6.71. The average Bonchev–Trinajstić information content (AvgIpc) is 3.18. The molecule has 0 unspecified atom stereocenters. The van der Waals surface area contributed by atoms with Crippen LogP contribution in [0, 0.1) is 0 Å². The van der Waals surface area contributed by atoms with Gasteiger partial charge >= 0.3 is 0 Å². The zero-order valence-corrected chi connectivity index (χ0v) is 15.7. The molecule has 1 amide bonds. The molecule has 0 aliphatic carbocycles. The summed E-state index contributed by atoms with van der Waals surface area (Å²) in [5, 5.41) is 12.9. The number of hydrogen-bond acceptors (Lipinski definition) is 6. The molecule has 7 nitrogen and oxygen atoms in total. The number of carbonyl (C=O) groups is 1. The molecule has 1 aromatic carbocycles. The van der Waals surface area contributed by atoms with Crippen molar-refractivity contribution in [2.45, 2.75) is 32.0 Å². The number of pyridine rings is 1. The minimum atomic E-state index is -3.20. The molecule has 1 saturated heterocycles. The van der Waals surface area contributed by atoms with Crippen molar-refractivity contribution in [3.05, 3.63) is 65.0 Å². The number of carbonyl (C=O) groups excluding carboxylic acids is 1. The quantitative estimate of drug-likeness (QED) is 0.791. The molecular weight excluding hydrogens is 368 g/mol. The van der Waals surface area contributed by atoms with Gasteiger partial charge in [0.25, 0.3) is 0 Å². The Kier molecular flexibility index (Phi) is 3.62. The molecule has 2 atom stereocenters. The van der Waals surface area contributed by atoms with Gasteiger partial charge in [-0.3, -0.25) is 14.8 Å². The second-order valence-corrected chi connectivity index (χ2v) is 6.71. The third-order valence-electron chi connectivity index (χ3n) is 4.61. The fraction of sp³-hybridized carbons (Fsp3) is 0.409. The number of amidine groups is 1. The highest BCUT2D eigenvalue weighted by molar-refractivity contribution is 6.01. The number of benzene rings is 1. The molecular formula is C22H26N4O3. The van der Waals surface area contributed by atoms with Crippen LogP contribution in [0.25, 0.3) is 0 Å². The Morgan fingerprint density at radius 2 is 2.10 bits per heavy atom. The molecule has 2 aromatic rings. The first-order chi connectivity index (χ1) is 17.1. The number of hydrogen-bond donors (Lipinski definition) is 2. The summed E-state index contributed by atoms with van der Waals surface area (Å²) in [6, 6.07) is 9.93. The van der Waals surface area contributed by atoms with Crippen LogP contribution in [-0.4, -0.2) is 58.9 Å². The third-order valence-corrected chi connectivity index (χ3v) is 4.61. The van der Waals surface area contributed by atoms with Crippen LogP contribution >= 0.6 is 0 Å². The first kappa shape index (κ1) is 12.0. The summed E-state index contributed by atoms with van der Waals surface area (Å²) in [5.41, 5.74) is 1.77. The number of amides is 1. The van der Waals surface area contributed by atoms with Gasteiger partial charge in [0.1, 0.15) is 5.84 Å². The van der Waals surface area contributed by atoms with Crippen LogP contribution in [0.4, 0.5) is 0 Å². The van der Waals surface area contributed by atoms with Crippen LogP contribution < -0.4 is 5.32 Å². The second kappa shape index (κ2) is 8.71. The maximum absolute atomic E-state index is 12.7. The normalized spacial score (nSPS) is 29.0. The van der Waals surface area contributed by atoms with Gasteiger partial charge in [0.05, 0.1) is 54.9 Å². The SMILES string of the molecule is [2H]C1([2H])OC([2H])([2H])C([2H])([2H])N(C2=NCc3cc(CC(=O)N[C@@H](c4ccccc4)[C@@H](C)O)ncc32)C1([2H])[2H]. The highest BCUT2D eigenvalue weighted by Gasteiger charge is 2.25. The van der Waals surface area contributed by atoms with Crippen LogP contribution in [-0.2, 0) is 22.5 Å². The van der Waals surface area contributed by atoms with E-state index in [4.69, 9.17) is 11.0 Å². The number of aliphatic hydroxyl groups excluding tert-OH is 1. The van der Waals surface area contributed by atoms with E-state index in [2.05, 4.69) is 20.0 Å². The van der Waals surface area contributed by atoms with Crippen LogP contribution in [0.5, 0.6) is 0 Å². The molecule has 0 bridgehead atoms. The van der Waals surface area contributed by atoms with Gasteiger partial charge in [0.2, 0.25) is 5.91 Å². The summed E-state index contributed by atoms with van der Waals surface area (Å²) in [5.74, 6) is -0.702. The molecule has 2 aliphatic heterocycles. The van der Waals surface area contributed by atoms with E-state index in [1.54, 1.807) is 37.3 Å². The Morgan fingerprint density at radius 1 is 1.34 bits per heavy atom. The zero-order valence-electron chi connectivity index (χ0n) is 23.7. The summed E-state index contributed by atoms with van der Waals surface area (Å²) >= 11 is 0. The van der Waals surface area contributed by atoms with E-state index in [9.17, 15) is 9.90 Å². The fourth-order valence-corrected chi connectivity index (χ4v) is 3.24. The topological polar surface area (TPSA) is 87.0 Å². The summed E-state index contributed by atoms with van der Waals surface area (Å²) in [6.45, 7) is -11.1. The van der Waals surface area contributed by atoms with Gasteiger partial charge in [0.15, 0.2) is 0 Å². The third kappa shape index (κ3) is 4.46. The number of morpholine rings is 1. The molecule has 4 rings (SSSR count). The van der Waals surface area contributed by atoms with Crippen molar-refractivity contribution < 1.29 is 25.6 Å². The zero-order chi connectivity index (χ0) is 27.4. The lowest BCUT2D eigenvalue weighted by Gasteiger charge is -2.28. The summed E-state index contributed by atoms with van der Waals surface area (Å²) < 4.78 is 69.1. The maximum atomic E-state index is 12.7. The molecule has 29 heavy (non-hydrogen) atoms. The smallest absolute Gasteiger partial charge is 0.226 e. The van der Waals surface area contributed by atoms with Gasteiger partial charge in [-0.25, -0.2) is 0 Å². The Hall–Kier alpha value is -2.77. The molecule has 2 N–H and O–H groups in total. The number of ether oxygens (including phenoxy) is 1. The van der Waals surface area contributed by atoms with Crippen molar-refractivity contribution >= 4 is 11.7 Å². The predicted molar refractivity (Wildman–Crippen MR) is 110 cm³/mol. The number of aliphatic hydroxyl groups is 1. The van der Waals surface area contributed by atoms with Crippen LogP contribution in [0.2, 0.25) is 0 Å². The monoisotopic (exact) mass is 402 g/mol. The van der Waals surface area contributed by atoms with E-state index >= 15 is 0 Å². The number of aliphatic imine (C=N–C) groups is 1. The van der Waals surface area contributed by atoms with E-state index in [0.717, 1.165) is 5.56 Å². The molecule has 152 valence electrons. The van der Waals surface area contributed by atoms with Crippen molar-refractivity contribution in [3.8, 4) is 0 Å². The lowest BCUT2D eigenvalue weighted by molar-refractivity contribution is -0.122. The van der Waals surface area contributed by atoms with Crippen molar-refractivity contribution in [2.75, 3.05) is 26.1 Å². The maximum Gasteiger partial charge on any atom is 0.226 e. The van der Waals surface area contributed by atoms with E-state index in [0.29, 0.717) is 16.2 Å². The van der Waals surface area contributed by atoms with Crippen LogP contribution in [0.15, 0.2) is 47.6 Å². The Morgan fingerprint density at radius 3 is 2.83 bits per heavy atom. The Labute approximate surface area is 181 Å². The van der Waals surface area contributed by atoms with E-state index in [-0.39, 0.29) is 24.4 Å². The van der Waals surface area contributed by atoms with Crippen LogP contribution in [0.3, 0.4) is 0 Å². The standard InChI is InChI=1S/C22H26N4O3/c1-15(27)21(16-5-3-2-4-6-16)25-20(28)12-18-11-17-13-24-22(19(17)14-23-18)26-7-9-29-10-8-26/h2-6,11,14-15,21,27H,7-10,12-13H2,1H3,(H,25,28)/t15-,21-/m1/s1/i7D2,8D2,9D2,10D2. The van der Waals surface area contributed by atoms with Gasteiger partial charge in [-0.15, -0.1) is 0 Å². The summed E-state index contributed by atoms with van der Waals surface area (Å²) in [6.07, 6.45) is 0.291. The van der Waals surface area contributed by atoms with Crippen molar-refractivity contribution in [3.63, 3.8) is 0 Å². The number of nitrogens with one attached hydrogen (secondary N) is 1. The van der Waals surface area contributed by atoms with Gasteiger partial charge < -0.3 is 20.1 Å². The molecule has 3 heterocycles. The fourth-order valence-electron chi connectivity index (χ4n) is 3.24. The number of rotatable bonds is 5. The minimum absolute atomic E-state index is 0.0301. The molecule has 0 saturated carbocycles. The minimum Gasteiger partial charge on any atom is -0.391 e. The Bertz CT molecular complexity index is 1200. The highest BCUT2D eigenvalue weighted by Crippen LogP contribution is 2.22. The first-order valence-corrected chi connectivity index (χ1v) is 9.14. The van der Waals surface area contributed by atoms with Gasteiger partial charge in [0, 0.05) is 24.8 Å². The lowest BCUT2D eigenvalue weighted by atomic mass is 10.0. The van der Waals surface area contributed by atoms with Crippen molar-refractivity contribution in [1.29, 1.82) is 0 Å². The van der Waals surface area contributed by atoms with Crippen LogP contribution in [0.1, 0.15) is 46.3 Å². The van der Waals surface area contributed by atoms with Gasteiger partial charge in [-0.1, -0.05) is 30.3 Å². The lowest BCUT2D eigenvalue weighted by Crippen LogP contribution is -2.40. The Balaban J connectivity index is 1.57. The molecule has 0 radical (unpaired) electrons. The summed E-state index contributed by atoms with van der Waals surface area (Å²) in [7, 11) is 0. The van der Waals surface area contributed by atoms with E-state index < -0.39 is 44.2 Å². The predicted octanol–water partition coefficient (Wildman–Crippen LogP) is 1.45. The highest BCUT2D eigenvalue weighted by atomic mass is 16.5. The van der Waals surface area contributed by atoms with Crippen molar-refractivity contribution in [2.24, 2.45) is 4.99 Å². The number of nitrogens with zero attached hydrogens (tertiary/aromatic N) is 3. The number of fused-ring (bicyclic) bond motifs is 1. The van der Waals surface area contributed by atoms with Gasteiger partial charge in [-0.2, -0.15) is 0 Å². The van der Waals surface area contributed by atoms with Gasteiger partial charge in [-0.05, 0) is 24.1 Å². The van der Waals surface area contributed by atoms with E-state index in [1.165, 1.54) is 6.20 Å². The largest absolute Gasteiger partial charge is 0.391 e. The molecule has 1 fully saturated rings. The molecule has 0 spiro atoms. The first-order valence-electron chi connectivity index (χ1n) is 13.1. The molecule has 1 aromatic heterocycles. The summed E-state index contributed by atoms with van der Waals surface area (Å²) in [4.78, 5) is 21.5. The molecule has 7 heteroatoms. The van der Waals surface area contributed by atoms with E-state index in [1.807, 2.05) is 6.07 Å². The number of aromatic nitrogens is 1.